The van der Waals surface area contributed by atoms with Gasteiger partial charge in [-0.3, -0.25) is 0 Å². The lowest BCUT2D eigenvalue weighted by Crippen LogP contribution is -2.41. The van der Waals surface area contributed by atoms with Gasteiger partial charge in [0.25, 0.3) is 0 Å². The van der Waals surface area contributed by atoms with E-state index < -0.39 is 0 Å². The Morgan fingerprint density at radius 3 is 2.82 bits per heavy atom. The number of nitrogens with one attached hydrogen (secondary N) is 1. The van der Waals surface area contributed by atoms with Crippen molar-refractivity contribution in [2.75, 3.05) is 6.54 Å². The number of rotatable bonds is 6. The second-order valence-corrected chi connectivity index (χ2v) is 5.52. The Kier molecular flexibility index (Phi) is 4.87. The van der Waals surface area contributed by atoms with Crippen molar-refractivity contribution >= 4 is 11.6 Å². The third kappa shape index (κ3) is 3.72. The van der Waals surface area contributed by atoms with Gasteiger partial charge in [-0.1, -0.05) is 37.1 Å². The van der Waals surface area contributed by atoms with E-state index in [2.05, 4.69) is 30.4 Å². The van der Waals surface area contributed by atoms with Crippen molar-refractivity contribution in [3.8, 4) is 0 Å². The van der Waals surface area contributed by atoms with Gasteiger partial charge >= 0.3 is 0 Å². The summed E-state index contributed by atoms with van der Waals surface area (Å²) in [4.78, 5) is 0. The van der Waals surface area contributed by atoms with Gasteiger partial charge in [0.1, 0.15) is 0 Å². The van der Waals surface area contributed by atoms with Crippen LogP contribution in [0, 0.1) is 5.92 Å². The van der Waals surface area contributed by atoms with Gasteiger partial charge in [-0.05, 0) is 55.8 Å². The van der Waals surface area contributed by atoms with E-state index >= 15 is 0 Å². The lowest BCUT2D eigenvalue weighted by atomic mass is 9.77. The molecule has 0 saturated heterocycles. The van der Waals surface area contributed by atoms with Crippen LogP contribution in [0.5, 0.6) is 0 Å². The highest BCUT2D eigenvalue weighted by Crippen LogP contribution is 2.31. The van der Waals surface area contributed by atoms with Crippen LogP contribution in [0.15, 0.2) is 24.3 Å². The summed E-state index contributed by atoms with van der Waals surface area (Å²) in [5.74, 6) is 0.875. The molecule has 1 aliphatic rings. The van der Waals surface area contributed by atoms with E-state index in [0.29, 0.717) is 6.04 Å². The van der Waals surface area contributed by atoms with E-state index in [1.807, 2.05) is 6.07 Å². The Morgan fingerprint density at radius 1 is 1.41 bits per heavy atom. The Hall–Kier alpha value is -0.530. The summed E-state index contributed by atoms with van der Waals surface area (Å²) < 4.78 is 0. The first kappa shape index (κ1) is 12.9. The average Bonchev–Trinajstić information content (AvgIpc) is 2.23. The van der Waals surface area contributed by atoms with E-state index in [1.54, 1.807) is 0 Å². The fourth-order valence-electron chi connectivity index (χ4n) is 2.50. The quantitative estimate of drug-likeness (QED) is 0.804. The minimum absolute atomic E-state index is 0.641. The molecular formula is C15H22ClN. The van der Waals surface area contributed by atoms with Gasteiger partial charge in [-0.25, -0.2) is 0 Å². The van der Waals surface area contributed by atoms with Crippen molar-refractivity contribution in [1.82, 2.24) is 5.32 Å². The molecule has 0 spiro atoms. The standard InChI is InChI=1S/C15H22ClN/c1-2-9-17-15(13-6-4-7-13)11-12-5-3-8-14(16)10-12/h3,5,8,10,13,15,17H,2,4,6-7,9,11H2,1H3. The Balaban J connectivity index is 1.95. The van der Waals surface area contributed by atoms with Gasteiger partial charge in [0.05, 0.1) is 0 Å². The molecular weight excluding hydrogens is 230 g/mol. The summed E-state index contributed by atoms with van der Waals surface area (Å²) in [6, 6.07) is 8.92. The molecule has 0 aromatic heterocycles. The molecule has 2 heteroatoms. The zero-order chi connectivity index (χ0) is 12.1. The molecule has 0 radical (unpaired) electrons. The molecule has 1 unspecified atom stereocenters. The largest absolute Gasteiger partial charge is 0.313 e. The summed E-state index contributed by atoms with van der Waals surface area (Å²) in [6.45, 7) is 3.35. The molecule has 1 aliphatic carbocycles. The summed E-state index contributed by atoms with van der Waals surface area (Å²) in [5, 5.41) is 4.55. The van der Waals surface area contributed by atoms with Crippen LogP contribution < -0.4 is 5.32 Å². The van der Waals surface area contributed by atoms with Crippen LogP contribution in [0.25, 0.3) is 0 Å². The highest BCUT2D eigenvalue weighted by Gasteiger charge is 2.26. The van der Waals surface area contributed by atoms with Gasteiger partial charge in [-0.2, -0.15) is 0 Å². The molecule has 1 aromatic carbocycles. The Bertz CT molecular complexity index is 347. The monoisotopic (exact) mass is 251 g/mol. The zero-order valence-electron chi connectivity index (χ0n) is 10.6. The van der Waals surface area contributed by atoms with Gasteiger partial charge < -0.3 is 5.32 Å². The smallest absolute Gasteiger partial charge is 0.0408 e. The highest BCUT2D eigenvalue weighted by atomic mass is 35.5. The van der Waals surface area contributed by atoms with E-state index in [1.165, 1.54) is 31.2 Å². The molecule has 0 aliphatic heterocycles. The third-order valence-electron chi connectivity index (χ3n) is 3.72. The molecule has 0 heterocycles. The van der Waals surface area contributed by atoms with E-state index in [-0.39, 0.29) is 0 Å². The molecule has 2 rings (SSSR count). The first-order valence-electron chi connectivity index (χ1n) is 6.77. The van der Waals surface area contributed by atoms with Gasteiger partial charge in [0.2, 0.25) is 0 Å². The van der Waals surface area contributed by atoms with Crippen molar-refractivity contribution < 1.29 is 0 Å². The number of benzene rings is 1. The maximum Gasteiger partial charge on any atom is 0.0408 e. The van der Waals surface area contributed by atoms with Crippen LogP contribution in [0.3, 0.4) is 0 Å². The van der Waals surface area contributed by atoms with Gasteiger partial charge in [0, 0.05) is 11.1 Å². The molecule has 17 heavy (non-hydrogen) atoms. The van der Waals surface area contributed by atoms with Gasteiger partial charge in [-0.15, -0.1) is 0 Å². The molecule has 94 valence electrons. The van der Waals surface area contributed by atoms with E-state index in [0.717, 1.165) is 23.9 Å². The number of halogens is 1. The summed E-state index contributed by atoms with van der Waals surface area (Å²) in [6.07, 6.45) is 6.51. The lowest BCUT2D eigenvalue weighted by Gasteiger charge is -2.34. The van der Waals surface area contributed by atoms with Gasteiger partial charge in [0.15, 0.2) is 0 Å². The van der Waals surface area contributed by atoms with Crippen molar-refractivity contribution in [3.63, 3.8) is 0 Å². The highest BCUT2D eigenvalue weighted by molar-refractivity contribution is 6.30. The summed E-state index contributed by atoms with van der Waals surface area (Å²) in [7, 11) is 0. The predicted molar refractivity (Wildman–Crippen MR) is 74.6 cm³/mol. The molecule has 0 amide bonds. The predicted octanol–water partition coefficient (Wildman–Crippen LogP) is 4.05. The van der Waals surface area contributed by atoms with Crippen molar-refractivity contribution in [1.29, 1.82) is 0 Å². The van der Waals surface area contributed by atoms with Crippen molar-refractivity contribution in [2.45, 2.75) is 45.1 Å². The minimum atomic E-state index is 0.641. The van der Waals surface area contributed by atoms with E-state index in [9.17, 15) is 0 Å². The van der Waals surface area contributed by atoms with Crippen LogP contribution in [0.2, 0.25) is 5.02 Å². The second kappa shape index (κ2) is 6.42. The normalized spacial score (nSPS) is 17.8. The number of hydrogen-bond donors (Lipinski definition) is 1. The lowest BCUT2D eigenvalue weighted by molar-refractivity contribution is 0.227. The molecule has 1 fully saturated rings. The second-order valence-electron chi connectivity index (χ2n) is 5.09. The fourth-order valence-corrected chi connectivity index (χ4v) is 2.71. The summed E-state index contributed by atoms with van der Waals surface area (Å²) >= 11 is 6.04. The maximum absolute atomic E-state index is 6.04. The fraction of sp³-hybridized carbons (Fsp3) is 0.600. The van der Waals surface area contributed by atoms with Crippen LogP contribution in [-0.2, 0) is 6.42 Å². The van der Waals surface area contributed by atoms with E-state index in [4.69, 9.17) is 11.6 Å². The first-order chi connectivity index (χ1) is 8.29. The Labute approximate surface area is 110 Å². The molecule has 1 atom stereocenters. The molecule has 1 saturated carbocycles. The topological polar surface area (TPSA) is 12.0 Å². The molecule has 1 N–H and O–H groups in total. The number of hydrogen-bond acceptors (Lipinski definition) is 1. The molecule has 1 nitrogen and oxygen atoms in total. The third-order valence-corrected chi connectivity index (χ3v) is 3.96. The van der Waals surface area contributed by atoms with Crippen LogP contribution >= 0.6 is 11.6 Å². The Morgan fingerprint density at radius 2 is 2.24 bits per heavy atom. The average molecular weight is 252 g/mol. The van der Waals surface area contributed by atoms with Crippen molar-refractivity contribution in [2.24, 2.45) is 5.92 Å². The maximum atomic E-state index is 6.04. The van der Waals surface area contributed by atoms with Crippen LogP contribution in [0.1, 0.15) is 38.2 Å². The van der Waals surface area contributed by atoms with Crippen LogP contribution in [-0.4, -0.2) is 12.6 Å². The van der Waals surface area contributed by atoms with Crippen LogP contribution in [0.4, 0.5) is 0 Å². The molecule has 0 bridgehead atoms. The first-order valence-corrected chi connectivity index (χ1v) is 7.15. The molecule has 1 aromatic rings. The SMILES string of the molecule is CCCNC(Cc1cccc(Cl)c1)C1CCC1. The van der Waals surface area contributed by atoms with Crippen molar-refractivity contribution in [3.05, 3.63) is 34.9 Å². The summed E-state index contributed by atoms with van der Waals surface area (Å²) in [5.41, 5.74) is 1.36. The zero-order valence-corrected chi connectivity index (χ0v) is 11.3. The minimum Gasteiger partial charge on any atom is -0.313 e.